The molecule has 0 fully saturated rings. The van der Waals surface area contributed by atoms with Crippen LogP contribution in [0.2, 0.25) is 0 Å². The number of hydrogen-bond acceptors (Lipinski definition) is 4. The number of nitrogens with zero attached hydrogens (tertiary/aromatic N) is 3. The molecule has 0 bridgehead atoms. The zero-order valence-corrected chi connectivity index (χ0v) is 10.4. The number of aromatic nitrogens is 3. The van der Waals surface area contributed by atoms with E-state index in [4.69, 9.17) is 0 Å². The number of nitrogens with one attached hydrogen (secondary N) is 1. The molecule has 0 aliphatic rings. The van der Waals surface area contributed by atoms with Crippen LogP contribution in [0.4, 0.5) is 5.95 Å². The fourth-order valence-corrected chi connectivity index (χ4v) is 2.13. The summed E-state index contributed by atoms with van der Waals surface area (Å²) in [6.45, 7) is 5.99. The fourth-order valence-electron chi connectivity index (χ4n) is 1.59. The summed E-state index contributed by atoms with van der Waals surface area (Å²) < 4.78 is 2.16. The minimum atomic E-state index is 0.796. The molecule has 16 heavy (non-hydrogen) atoms. The van der Waals surface area contributed by atoms with E-state index in [1.54, 1.807) is 11.3 Å². The minimum Gasteiger partial charge on any atom is -0.351 e. The molecule has 2 rings (SSSR count). The van der Waals surface area contributed by atoms with Crippen LogP contribution in [0.15, 0.2) is 17.9 Å². The molecule has 2 aromatic rings. The molecule has 0 aliphatic heterocycles. The molecule has 2 heterocycles. The molecule has 0 spiro atoms. The number of imidazole rings is 1. The van der Waals surface area contributed by atoms with E-state index in [0.29, 0.717) is 0 Å². The van der Waals surface area contributed by atoms with Crippen LogP contribution in [-0.2, 0) is 13.1 Å². The normalized spacial score (nSPS) is 10.6. The molecule has 2 aromatic heterocycles. The smallest absolute Gasteiger partial charge is 0.203 e. The second kappa shape index (κ2) is 5.12. The second-order valence-electron chi connectivity index (χ2n) is 3.72. The van der Waals surface area contributed by atoms with Crippen molar-refractivity contribution in [3.8, 4) is 0 Å². The van der Waals surface area contributed by atoms with Gasteiger partial charge in [-0.2, -0.15) is 0 Å². The highest BCUT2D eigenvalue weighted by Gasteiger charge is 2.04. The van der Waals surface area contributed by atoms with E-state index >= 15 is 0 Å². The molecule has 0 radical (unpaired) electrons. The average Bonchev–Trinajstić information content (AvgIpc) is 2.86. The Morgan fingerprint density at radius 1 is 1.50 bits per heavy atom. The van der Waals surface area contributed by atoms with Crippen molar-refractivity contribution in [2.24, 2.45) is 0 Å². The molecule has 0 aliphatic carbocycles. The van der Waals surface area contributed by atoms with Crippen LogP contribution in [-0.4, -0.2) is 14.5 Å². The van der Waals surface area contributed by atoms with Crippen LogP contribution in [0.5, 0.6) is 0 Å². The van der Waals surface area contributed by atoms with E-state index in [1.807, 2.05) is 18.6 Å². The number of hydrogen-bond donors (Lipinski definition) is 1. The van der Waals surface area contributed by atoms with Gasteiger partial charge in [0.2, 0.25) is 5.95 Å². The third kappa shape index (κ3) is 2.61. The van der Waals surface area contributed by atoms with Crippen molar-refractivity contribution < 1.29 is 0 Å². The average molecular weight is 236 g/mol. The largest absolute Gasteiger partial charge is 0.351 e. The van der Waals surface area contributed by atoms with Crippen molar-refractivity contribution in [2.45, 2.75) is 33.4 Å². The van der Waals surface area contributed by atoms with Gasteiger partial charge in [0.05, 0.1) is 17.7 Å². The van der Waals surface area contributed by atoms with Crippen LogP contribution in [0.1, 0.15) is 23.9 Å². The predicted octanol–water partition coefficient (Wildman–Crippen LogP) is 2.67. The van der Waals surface area contributed by atoms with Crippen LogP contribution in [0.25, 0.3) is 0 Å². The minimum absolute atomic E-state index is 0.796. The van der Waals surface area contributed by atoms with Gasteiger partial charge in [0, 0.05) is 23.8 Å². The Labute approximate surface area is 99.4 Å². The lowest BCUT2D eigenvalue weighted by Gasteiger charge is -2.07. The van der Waals surface area contributed by atoms with Gasteiger partial charge in [-0.25, -0.2) is 4.98 Å². The van der Waals surface area contributed by atoms with E-state index < -0.39 is 0 Å². The number of thiazole rings is 1. The standard InChI is InChI=1S/C11H16N4S/c1-3-4-15-7-9(2)14-11(15)13-6-10-5-12-8-16-10/h5,7-8H,3-4,6H2,1-2H3,(H,13,14). The molecular weight excluding hydrogens is 220 g/mol. The van der Waals surface area contributed by atoms with E-state index in [0.717, 1.165) is 31.2 Å². The molecule has 0 amide bonds. The summed E-state index contributed by atoms with van der Waals surface area (Å²) >= 11 is 1.66. The Kier molecular flexibility index (Phi) is 3.56. The van der Waals surface area contributed by atoms with Gasteiger partial charge in [-0.05, 0) is 13.3 Å². The maximum absolute atomic E-state index is 4.46. The van der Waals surface area contributed by atoms with Crippen molar-refractivity contribution in [3.63, 3.8) is 0 Å². The molecule has 0 atom stereocenters. The quantitative estimate of drug-likeness (QED) is 0.868. The van der Waals surface area contributed by atoms with Crippen LogP contribution >= 0.6 is 11.3 Å². The topological polar surface area (TPSA) is 42.7 Å². The first-order valence-electron chi connectivity index (χ1n) is 5.44. The van der Waals surface area contributed by atoms with E-state index in [-0.39, 0.29) is 0 Å². The van der Waals surface area contributed by atoms with Gasteiger partial charge < -0.3 is 9.88 Å². The molecule has 0 saturated carbocycles. The first kappa shape index (κ1) is 11.1. The summed E-state index contributed by atoms with van der Waals surface area (Å²) in [5.41, 5.74) is 2.90. The monoisotopic (exact) mass is 236 g/mol. The first-order valence-corrected chi connectivity index (χ1v) is 6.32. The Morgan fingerprint density at radius 2 is 2.38 bits per heavy atom. The molecule has 0 unspecified atom stereocenters. The van der Waals surface area contributed by atoms with Crippen LogP contribution in [0, 0.1) is 6.92 Å². The summed E-state index contributed by atoms with van der Waals surface area (Å²) in [6, 6.07) is 0. The van der Waals surface area contributed by atoms with Gasteiger partial charge >= 0.3 is 0 Å². The lowest BCUT2D eigenvalue weighted by Crippen LogP contribution is -2.06. The molecule has 5 heteroatoms. The third-order valence-electron chi connectivity index (χ3n) is 2.27. The van der Waals surface area contributed by atoms with Crippen LogP contribution < -0.4 is 5.32 Å². The number of aryl methyl sites for hydroxylation is 2. The van der Waals surface area contributed by atoms with Crippen molar-refractivity contribution in [3.05, 3.63) is 28.5 Å². The molecule has 86 valence electrons. The summed E-state index contributed by atoms with van der Waals surface area (Å²) in [7, 11) is 0. The highest BCUT2D eigenvalue weighted by atomic mass is 32.1. The molecule has 0 saturated heterocycles. The number of rotatable bonds is 5. The van der Waals surface area contributed by atoms with Gasteiger partial charge in [0.1, 0.15) is 0 Å². The Morgan fingerprint density at radius 3 is 3.06 bits per heavy atom. The number of anilines is 1. The van der Waals surface area contributed by atoms with Crippen molar-refractivity contribution >= 4 is 17.3 Å². The van der Waals surface area contributed by atoms with Gasteiger partial charge in [-0.1, -0.05) is 6.92 Å². The maximum Gasteiger partial charge on any atom is 0.203 e. The lowest BCUT2D eigenvalue weighted by atomic mass is 10.5. The van der Waals surface area contributed by atoms with Gasteiger partial charge in [-0.3, -0.25) is 4.98 Å². The van der Waals surface area contributed by atoms with Gasteiger partial charge in [0.25, 0.3) is 0 Å². The molecule has 4 nitrogen and oxygen atoms in total. The summed E-state index contributed by atoms with van der Waals surface area (Å²) in [6.07, 6.45) is 5.08. The second-order valence-corrected chi connectivity index (χ2v) is 4.69. The summed E-state index contributed by atoms with van der Waals surface area (Å²) in [5, 5.41) is 3.34. The van der Waals surface area contributed by atoms with Gasteiger partial charge in [-0.15, -0.1) is 11.3 Å². The van der Waals surface area contributed by atoms with Gasteiger partial charge in [0.15, 0.2) is 0 Å². The van der Waals surface area contributed by atoms with E-state index in [1.165, 1.54) is 4.88 Å². The van der Waals surface area contributed by atoms with Crippen molar-refractivity contribution in [2.75, 3.05) is 5.32 Å². The van der Waals surface area contributed by atoms with E-state index in [9.17, 15) is 0 Å². The summed E-state index contributed by atoms with van der Waals surface area (Å²) in [5.74, 6) is 0.952. The lowest BCUT2D eigenvalue weighted by molar-refractivity contribution is 0.682. The third-order valence-corrected chi connectivity index (χ3v) is 3.05. The Balaban J connectivity index is 2.02. The zero-order valence-electron chi connectivity index (χ0n) is 9.60. The van der Waals surface area contributed by atoms with Crippen molar-refractivity contribution in [1.29, 1.82) is 0 Å². The Bertz CT molecular complexity index is 433. The highest BCUT2D eigenvalue weighted by molar-refractivity contribution is 7.09. The molecule has 0 aromatic carbocycles. The SMILES string of the molecule is CCCn1cc(C)nc1NCc1cncs1. The molecule has 1 N–H and O–H groups in total. The highest BCUT2D eigenvalue weighted by Crippen LogP contribution is 2.12. The molecular formula is C11H16N4S. The van der Waals surface area contributed by atoms with Crippen LogP contribution in [0.3, 0.4) is 0 Å². The van der Waals surface area contributed by atoms with Crippen molar-refractivity contribution in [1.82, 2.24) is 14.5 Å². The maximum atomic E-state index is 4.46. The fraction of sp³-hybridized carbons (Fsp3) is 0.455. The zero-order chi connectivity index (χ0) is 11.4. The predicted molar refractivity (Wildman–Crippen MR) is 66.7 cm³/mol. The first-order chi connectivity index (χ1) is 7.79. The van der Waals surface area contributed by atoms with E-state index in [2.05, 4.69) is 33.0 Å². The summed E-state index contributed by atoms with van der Waals surface area (Å²) in [4.78, 5) is 9.74. The Hall–Kier alpha value is -1.36.